The van der Waals surface area contributed by atoms with Crippen molar-refractivity contribution in [1.29, 1.82) is 0 Å². The molecule has 0 aromatic heterocycles. The SMILES string of the molecule is C=CCCC(C)Nc1ccc(F)c([N+](=O)[O-])c1. The molecule has 1 atom stereocenters. The third kappa shape index (κ3) is 3.86. The number of nitro benzene ring substituents is 1. The Balaban J connectivity index is 2.75. The summed E-state index contributed by atoms with van der Waals surface area (Å²) in [6.45, 7) is 5.58. The number of allylic oxidation sites excluding steroid dienone is 1. The summed E-state index contributed by atoms with van der Waals surface area (Å²) in [5.74, 6) is -0.820. The van der Waals surface area contributed by atoms with Gasteiger partial charge in [0.25, 0.3) is 0 Å². The van der Waals surface area contributed by atoms with Gasteiger partial charge >= 0.3 is 5.69 Å². The number of hydrogen-bond donors (Lipinski definition) is 1. The van der Waals surface area contributed by atoms with Crippen LogP contribution >= 0.6 is 0 Å². The highest BCUT2D eigenvalue weighted by Crippen LogP contribution is 2.22. The van der Waals surface area contributed by atoms with Crippen molar-refractivity contribution in [3.8, 4) is 0 Å². The van der Waals surface area contributed by atoms with Gasteiger partial charge in [0.15, 0.2) is 0 Å². The third-order valence-electron chi connectivity index (χ3n) is 2.36. The Labute approximate surface area is 99.3 Å². The lowest BCUT2D eigenvalue weighted by atomic mass is 10.1. The zero-order valence-electron chi connectivity index (χ0n) is 9.65. The van der Waals surface area contributed by atoms with Gasteiger partial charge in [0.05, 0.1) is 4.92 Å². The molecule has 4 nitrogen and oxygen atoms in total. The summed E-state index contributed by atoms with van der Waals surface area (Å²) in [7, 11) is 0. The molecule has 0 heterocycles. The average Bonchev–Trinajstić information content (AvgIpc) is 2.28. The molecular formula is C12H15FN2O2. The number of nitrogens with zero attached hydrogens (tertiary/aromatic N) is 1. The summed E-state index contributed by atoms with van der Waals surface area (Å²) in [6.07, 6.45) is 3.54. The average molecular weight is 238 g/mol. The molecule has 0 aliphatic carbocycles. The van der Waals surface area contributed by atoms with Crippen LogP contribution in [0.25, 0.3) is 0 Å². The van der Waals surface area contributed by atoms with Gasteiger partial charge in [-0.1, -0.05) is 6.08 Å². The molecule has 0 radical (unpaired) electrons. The van der Waals surface area contributed by atoms with E-state index >= 15 is 0 Å². The van der Waals surface area contributed by atoms with Crippen molar-refractivity contribution in [1.82, 2.24) is 0 Å². The van der Waals surface area contributed by atoms with E-state index in [1.807, 2.05) is 13.0 Å². The lowest BCUT2D eigenvalue weighted by Crippen LogP contribution is -2.14. The maximum atomic E-state index is 13.1. The van der Waals surface area contributed by atoms with E-state index in [1.54, 1.807) is 0 Å². The Morgan fingerprint density at radius 1 is 1.65 bits per heavy atom. The first-order chi connectivity index (χ1) is 8.04. The molecule has 0 aliphatic heterocycles. The van der Waals surface area contributed by atoms with Gasteiger partial charge in [-0.15, -0.1) is 6.58 Å². The van der Waals surface area contributed by atoms with E-state index in [9.17, 15) is 14.5 Å². The van der Waals surface area contributed by atoms with Gasteiger partial charge in [-0.2, -0.15) is 4.39 Å². The van der Waals surface area contributed by atoms with Crippen molar-refractivity contribution in [3.05, 3.63) is 46.8 Å². The molecule has 0 aliphatic rings. The molecule has 0 bridgehead atoms. The van der Waals surface area contributed by atoms with E-state index in [2.05, 4.69) is 11.9 Å². The van der Waals surface area contributed by atoms with E-state index in [0.717, 1.165) is 18.9 Å². The number of benzene rings is 1. The monoisotopic (exact) mass is 238 g/mol. The minimum atomic E-state index is -0.820. The van der Waals surface area contributed by atoms with Gasteiger partial charge in [0.1, 0.15) is 0 Å². The number of nitrogens with one attached hydrogen (secondary N) is 1. The molecule has 1 aromatic carbocycles. The smallest absolute Gasteiger partial charge is 0.306 e. The predicted octanol–water partition coefficient (Wildman–Crippen LogP) is 3.50. The predicted molar refractivity (Wildman–Crippen MR) is 65.6 cm³/mol. The van der Waals surface area contributed by atoms with Gasteiger partial charge in [0, 0.05) is 17.8 Å². The van der Waals surface area contributed by atoms with Crippen molar-refractivity contribution in [2.45, 2.75) is 25.8 Å². The van der Waals surface area contributed by atoms with Crippen LogP contribution in [-0.2, 0) is 0 Å². The lowest BCUT2D eigenvalue weighted by Gasteiger charge is -2.14. The van der Waals surface area contributed by atoms with Crippen LogP contribution in [-0.4, -0.2) is 11.0 Å². The molecule has 5 heteroatoms. The summed E-state index contributed by atoms with van der Waals surface area (Å²) >= 11 is 0. The number of anilines is 1. The van der Waals surface area contributed by atoms with E-state index < -0.39 is 16.4 Å². The molecule has 0 amide bonds. The van der Waals surface area contributed by atoms with Gasteiger partial charge in [-0.25, -0.2) is 0 Å². The molecule has 0 fully saturated rings. The van der Waals surface area contributed by atoms with Crippen LogP contribution in [0, 0.1) is 15.9 Å². The van der Waals surface area contributed by atoms with Crippen molar-refractivity contribution >= 4 is 11.4 Å². The van der Waals surface area contributed by atoms with Crippen LogP contribution in [0.15, 0.2) is 30.9 Å². The maximum absolute atomic E-state index is 13.1. The Bertz CT molecular complexity index is 421. The number of halogens is 1. The number of hydrogen-bond acceptors (Lipinski definition) is 3. The largest absolute Gasteiger partial charge is 0.382 e. The lowest BCUT2D eigenvalue weighted by molar-refractivity contribution is -0.387. The van der Waals surface area contributed by atoms with Crippen LogP contribution in [0.4, 0.5) is 15.8 Å². The van der Waals surface area contributed by atoms with Crippen molar-refractivity contribution < 1.29 is 9.31 Å². The van der Waals surface area contributed by atoms with Gasteiger partial charge in [-0.3, -0.25) is 10.1 Å². The molecule has 17 heavy (non-hydrogen) atoms. The van der Waals surface area contributed by atoms with E-state index in [4.69, 9.17) is 0 Å². The third-order valence-corrected chi connectivity index (χ3v) is 2.36. The molecule has 1 N–H and O–H groups in total. The van der Waals surface area contributed by atoms with E-state index in [0.29, 0.717) is 5.69 Å². The van der Waals surface area contributed by atoms with Crippen LogP contribution in [0.3, 0.4) is 0 Å². The summed E-state index contributed by atoms with van der Waals surface area (Å²) in [6, 6.07) is 3.95. The van der Waals surface area contributed by atoms with Crippen molar-refractivity contribution in [2.24, 2.45) is 0 Å². The molecule has 1 aromatic rings. The normalized spacial score (nSPS) is 11.9. The standard InChI is InChI=1S/C12H15FN2O2/c1-3-4-5-9(2)14-10-6-7-11(13)12(8-10)15(16)17/h3,6-9,14H,1,4-5H2,2H3. The molecule has 0 saturated carbocycles. The van der Waals surface area contributed by atoms with Crippen molar-refractivity contribution in [3.63, 3.8) is 0 Å². The second-order valence-electron chi connectivity index (χ2n) is 3.83. The van der Waals surface area contributed by atoms with Gasteiger partial charge in [-0.05, 0) is 31.9 Å². The van der Waals surface area contributed by atoms with E-state index in [1.165, 1.54) is 12.1 Å². The maximum Gasteiger partial charge on any atom is 0.306 e. The molecule has 1 rings (SSSR count). The molecular weight excluding hydrogens is 223 g/mol. The highest BCUT2D eigenvalue weighted by molar-refractivity contribution is 5.52. The Morgan fingerprint density at radius 2 is 2.35 bits per heavy atom. The van der Waals surface area contributed by atoms with Crippen LogP contribution < -0.4 is 5.32 Å². The summed E-state index contributed by atoms with van der Waals surface area (Å²) < 4.78 is 13.1. The minimum Gasteiger partial charge on any atom is -0.382 e. The van der Waals surface area contributed by atoms with E-state index in [-0.39, 0.29) is 6.04 Å². The van der Waals surface area contributed by atoms with Crippen LogP contribution in [0.2, 0.25) is 0 Å². The van der Waals surface area contributed by atoms with Crippen LogP contribution in [0.1, 0.15) is 19.8 Å². The first-order valence-electron chi connectivity index (χ1n) is 5.36. The number of rotatable bonds is 6. The molecule has 92 valence electrons. The fraction of sp³-hybridized carbons (Fsp3) is 0.333. The Morgan fingerprint density at radius 3 is 2.94 bits per heavy atom. The zero-order chi connectivity index (χ0) is 12.8. The minimum absolute atomic E-state index is 0.151. The van der Waals surface area contributed by atoms with Crippen LogP contribution in [0.5, 0.6) is 0 Å². The van der Waals surface area contributed by atoms with Gasteiger partial charge in [0.2, 0.25) is 5.82 Å². The second-order valence-corrected chi connectivity index (χ2v) is 3.83. The molecule has 1 unspecified atom stereocenters. The Kier molecular flexibility index (Phi) is 4.63. The van der Waals surface area contributed by atoms with Gasteiger partial charge < -0.3 is 5.32 Å². The fourth-order valence-electron chi connectivity index (χ4n) is 1.47. The topological polar surface area (TPSA) is 55.2 Å². The zero-order valence-corrected chi connectivity index (χ0v) is 9.65. The quantitative estimate of drug-likeness (QED) is 0.469. The first kappa shape index (κ1) is 13.2. The summed E-state index contributed by atoms with van der Waals surface area (Å²) in [5, 5.41) is 13.6. The Hall–Kier alpha value is -1.91. The second kappa shape index (κ2) is 5.98. The summed E-state index contributed by atoms with van der Waals surface area (Å²) in [4.78, 5) is 9.83. The highest BCUT2D eigenvalue weighted by Gasteiger charge is 2.14. The first-order valence-corrected chi connectivity index (χ1v) is 5.36. The fourth-order valence-corrected chi connectivity index (χ4v) is 1.47. The summed E-state index contributed by atoms with van der Waals surface area (Å²) in [5.41, 5.74) is 0.0422. The molecule has 0 saturated heterocycles. The highest BCUT2D eigenvalue weighted by atomic mass is 19.1. The molecule has 0 spiro atoms. The van der Waals surface area contributed by atoms with Crippen molar-refractivity contribution in [2.75, 3.05) is 5.32 Å². The number of nitro groups is 1.